The minimum Gasteiger partial charge on any atom is -0.467 e. The molecule has 2 heterocycles. The van der Waals surface area contributed by atoms with Crippen LogP contribution in [0.15, 0.2) is 35.6 Å². The average molecular weight is 516 g/mol. The molecule has 0 saturated heterocycles. The van der Waals surface area contributed by atoms with Gasteiger partial charge >= 0.3 is 6.18 Å². The smallest absolute Gasteiger partial charge is 0.422 e. The lowest BCUT2D eigenvalue weighted by Gasteiger charge is -2.47. The van der Waals surface area contributed by atoms with E-state index in [0.717, 1.165) is 12.4 Å². The van der Waals surface area contributed by atoms with E-state index in [1.807, 2.05) is 13.8 Å². The molecule has 3 rings (SSSR count). The summed E-state index contributed by atoms with van der Waals surface area (Å²) in [5.41, 5.74) is 5.37. The normalized spacial score (nSPS) is 24.6. The van der Waals surface area contributed by atoms with Gasteiger partial charge in [0.25, 0.3) is 5.91 Å². The number of alkyl halides is 3. The van der Waals surface area contributed by atoms with Crippen LogP contribution in [0.1, 0.15) is 36.8 Å². The first-order valence-corrected chi connectivity index (χ1v) is 11.3. The number of ether oxygens (including phenoxy) is 2. The van der Waals surface area contributed by atoms with E-state index in [1.54, 1.807) is 14.0 Å². The van der Waals surface area contributed by atoms with Gasteiger partial charge in [-0.05, 0) is 32.0 Å². The number of nitrogens with two attached hydrogens (primary N) is 1. The maximum Gasteiger partial charge on any atom is 0.422 e. The Balaban J connectivity index is 1.83. The molecule has 0 unspecified atom stereocenters. The Morgan fingerprint density at radius 3 is 2.57 bits per heavy atom. The molecule has 1 aromatic heterocycles. The molecule has 0 bridgehead atoms. The van der Waals surface area contributed by atoms with Crippen molar-refractivity contribution in [2.75, 3.05) is 25.6 Å². The lowest BCUT2D eigenvalue weighted by atomic mass is 9.74. The summed E-state index contributed by atoms with van der Waals surface area (Å²) >= 11 is 1.36. The topological polar surface area (TPSA) is 112 Å². The lowest BCUT2D eigenvalue weighted by Crippen LogP contribution is -2.50. The molecule has 2 aromatic rings. The number of amidine groups is 1. The minimum absolute atomic E-state index is 0.168. The Bertz CT molecular complexity index is 1120. The molecule has 3 N–H and O–H groups in total. The van der Waals surface area contributed by atoms with Crippen molar-refractivity contribution in [1.29, 1.82) is 0 Å². The van der Waals surface area contributed by atoms with Crippen molar-refractivity contribution >= 4 is 28.5 Å². The molecule has 0 radical (unpaired) electrons. The minimum atomic E-state index is -4.53. The van der Waals surface area contributed by atoms with Crippen molar-refractivity contribution in [3.63, 3.8) is 0 Å². The fourth-order valence-corrected chi connectivity index (χ4v) is 5.15. The zero-order valence-electron chi connectivity index (χ0n) is 19.4. The van der Waals surface area contributed by atoms with E-state index in [-0.39, 0.29) is 28.7 Å². The predicted octanol–water partition coefficient (Wildman–Crippen LogP) is 4.13. The molecule has 1 amide bonds. The lowest BCUT2D eigenvalue weighted by molar-refractivity contribution is -0.154. The van der Waals surface area contributed by atoms with Crippen LogP contribution < -0.4 is 15.8 Å². The van der Waals surface area contributed by atoms with Gasteiger partial charge in [-0.15, -0.1) is 0 Å². The molecule has 0 saturated carbocycles. The number of rotatable bonds is 7. The molecule has 190 valence electrons. The summed E-state index contributed by atoms with van der Waals surface area (Å²) in [6.07, 6.45) is -2.64. The number of methoxy groups -OCH3 is 1. The third-order valence-corrected chi connectivity index (χ3v) is 7.12. The van der Waals surface area contributed by atoms with Crippen LogP contribution in [-0.2, 0) is 10.3 Å². The molecule has 0 fully saturated rings. The van der Waals surface area contributed by atoms with Crippen LogP contribution >= 0.6 is 11.8 Å². The third-order valence-electron chi connectivity index (χ3n) is 5.88. The molecular weight excluding hydrogens is 490 g/mol. The monoisotopic (exact) mass is 515 g/mol. The van der Waals surface area contributed by atoms with Crippen molar-refractivity contribution in [2.24, 2.45) is 16.6 Å². The number of aliphatic imine (C=N–C) groups is 1. The van der Waals surface area contributed by atoms with Gasteiger partial charge in [0.05, 0.1) is 24.5 Å². The van der Waals surface area contributed by atoms with Gasteiger partial charge in [0, 0.05) is 29.0 Å². The standard InChI is InChI=1S/C22H25F4N5O3S/c1-12-20(2,10-33-4)35-19(27)31-21(12,3)14-7-13(5-6-15(14)23)30-18(32)16-8-29-17(9-28-16)34-11-22(24,25)26/h5-9,12H,10-11H2,1-4H3,(H2,27,31)(H,30,32)/t12-,20-,21+/m1/s1. The highest BCUT2D eigenvalue weighted by atomic mass is 32.2. The van der Waals surface area contributed by atoms with Gasteiger partial charge < -0.3 is 20.5 Å². The second kappa shape index (κ2) is 9.97. The number of hydrogen-bond donors (Lipinski definition) is 2. The summed E-state index contributed by atoms with van der Waals surface area (Å²) in [6.45, 7) is 4.51. The van der Waals surface area contributed by atoms with Crippen molar-refractivity contribution in [1.82, 2.24) is 9.97 Å². The zero-order chi connectivity index (χ0) is 26.0. The van der Waals surface area contributed by atoms with E-state index >= 15 is 4.39 Å². The Kier molecular flexibility index (Phi) is 7.60. The molecule has 0 aliphatic carbocycles. The molecule has 1 aliphatic rings. The molecule has 13 heteroatoms. The Hall–Kier alpha value is -2.93. The van der Waals surface area contributed by atoms with Crippen LogP contribution in [0.4, 0.5) is 23.2 Å². The van der Waals surface area contributed by atoms with Gasteiger partial charge in [0.2, 0.25) is 5.88 Å². The maximum atomic E-state index is 15.0. The first-order valence-electron chi connectivity index (χ1n) is 10.4. The molecular formula is C22H25F4N5O3S. The largest absolute Gasteiger partial charge is 0.467 e. The molecule has 8 nitrogen and oxygen atoms in total. The van der Waals surface area contributed by atoms with Gasteiger partial charge in [0.1, 0.15) is 11.5 Å². The second-order valence-corrected chi connectivity index (χ2v) is 10.0. The van der Waals surface area contributed by atoms with Gasteiger partial charge in [-0.3, -0.25) is 9.79 Å². The molecule has 35 heavy (non-hydrogen) atoms. The summed E-state index contributed by atoms with van der Waals surface area (Å²) < 4.78 is 61.2. The summed E-state index contributed by atoms with van der Waals surface area (Å²) in [5, 5.41) is 2.88. The fraction of sp³-hybridized carbons (Fsp3) is 0.455. The van der Waals surface area contributed by atoms with Crippen LogP contribution in [0, 0.1) is 11.7 Å². The highest BCUT2D eigenvalue weighted by Crippen LogP contribution is 2.50. The van der Waals surface area contributed by atoms with Crippen molar-refractivity contribution in [2.45, 2.75) is 37.2 Å². The van der Waals surface area contributed by atoms with E-state index in [0.29, 0.717) is 11.8 Å². The van der Waals surface area contributed by atoms with E-state index in [4.69, 9.17) is 10.5 Å². The number of carbonyl (C=O) groups excluding carboxylic acids is 1. The van der Waals surface area contributed by atoms with E-state index in [9.17, 15) is 18.0 Å². The van der Waals surface area contributed by atoms with E-state index in [2.05, 4.69) is 25.0 Å². The van der Waals surface area contributed by atoms with Crippen LogP contribution in [0.3, 0.4) is 0 Å². The van der Waals surface area contributed by atoms with Gasteiger partial charge in [-0.25, -0.2) is 14.4 Å². The number of nitrogens with one attached hydrogen (secondary N) is 1. The zero-order valence-corrected chi connectivity index (χ0v) is 20.3. The highest BCUT2D eigenvalue weighted by Gasteiger charge is 2.50. The molecule has 3 atom stereocenters. The van der Waals surface area contributed by atoms with Crippen molar-refractivity contribution < 1.29 is 31.8 Å². The number of hydrogen-bond acceptors (Lipinski definition) is 8. The van der Waals surface area contributed by atoms with Crippen molar-refractivity contribution in [3.05, 3.63) is 47.7 Å². The number of halogens is 4. The average Bonchev–Trinajstić information content (AvgIpc) is 2.77. The van der Waals surface area contributed by atoms with Crippen LogP contribution in [0.2, 0.25) is 0 Å². The number of nitrogens with zero attached hydrogens (tertiary/aromatic N) is 3. The number of anilines is 1. The summed E-state index contributed by atoms with van der Waals surface area (Å²) in [7, 11) is 1.58. The fourth-order valence-electron chi connectivity index (χ4n) is 3.85. The summed E-state index contributed by atoms with van der Waals surface area (Å²) in [4.78, 5) is 24.6. The van der Waals surface area contributed by atoms with Gasteiger partial charge in [-0.2, -0.15) is 13.2 Å². The Morgan fingerprint density at radius 2 is 1.97 bits per heavy atom. The first-order chi connectivity index (χ1) is 16.3. The Morgan fingerprint density at radius 1 is 1.26 bits per heavy atom. The summed E-state index contributed by atoms with van der Waals surface area (Å²) in [6, 6.07) is 4.06. The van der Waals surface area contributed by atoms with Gasteiger partial charge in [-0.1, -0.05) is 18.7 Å². The Labute approximate surface area is 203 Å². The third kappa shape index (κ3) is 6.01. The quantitative estimate of drug-likeness (QED) is 0.534. The van der Waals surface area contributed by atoms with Crippen LogP contribution in [0.25, 0.3) is 0 Å². The number of aromatic nitrogens is 2. The van der Waals surface area contributed by atoms with Crippen LogP contribution in [-0.4, -0.2) is 52.3 Å². The molecule has 0 spiro atoms. The highest BCUT2D eigenvalue weighted by molar-refractivity contribution is 8.15. The van der Waals surface area contributed by atoms with E-state index < -0.39 is 34.8 Å². The SMILES string of the molecule is COC[C@@]1(C)SC(N)=N[C@](C)(c2cc(NC(=O)c3cnc(OCC(F)(F)F)cn3)ccc2F)[C@@H]1C. The first kappa shape index (κ1) is 26.7. The maximum absolute atomic E-state index is 15.0. The van der Waals surface area contributed by atoms with E-state index in [1.165, 1.54) is 30.0 Å². The van der Waals surface area contributed by atoms with Crippen LogP contribution in [0.5, 0.6) is 5.88 Å². The number of thioether (sulfide) groups is 1. The number of benzene rings is 1. The molecule has 1 aliphatic heterocycles. The summed E-state index contributed by atoms with van der Waals surface area (Å²) in [5.74, 6) is -1.80. The second-order valence-electron chi connectivity index (χ2n) is 8.46. The van der Waals surface area contributed by atoms with Gasteiger partial charge in [0.15, 0.2) is 11.8 Å². The number of amides is 1. The molecule has 1 aromatic carbocycles. The predicted molar refractivity (Wildman–Crippen MR) is 124 cm³/mol. The number of carbonyl (C=O) groups is 1. The van der Waals surface area contributed by atoms with Crippen molar-refractivity contribution in [3.8, 4) is 5.88 Å².